The summed E-state index contributed by atoms with van der Waals surface area (Å²) in [4.78, 5) is 2.45. The van der Waals surface area contributed by atoms with Crippen LogP contribution in [0.4, 0.5) is 0 Å². The van der Waals surface area contributed by atoms with E-state index in [-0.39, 0.29) is 0 Å². The first kappa shape index (κ1) is 15.8. The minimum absolute atomic E-state index is 0.605. The molecule has 0 amide bonds. The maximum absolute atomic E-state index is 4.27. The van der Waals surface area contributed by atoms with Gasteiger partial charge in [-0.1, -0.05) is 50.3 Å². The second-order valence-electron chi connectivity index (χ2n) is 4.86. The first-order chi connectivity index (χ1) is 9.22. The molecule has 0 bridgehead atoms. The summed E-state index contributed by atoms with van der Waals surface area (Å²) in [6.07, 6.45) is 2.54. The van der Waals surface area contributed by atoms with Crippen LogP contribution in [0.25, 0.3) is 5.70 Å². The van der Waals surface area contributed by atoms with Crippen LogP contribution in [-0.4, -0.2) is 31.1 Å². The predicted molar refractivity (Wildman–Crippen MR) is 85.2 cm³/mol. The van der Waals surface area contributed by atoms with Crippen LogP contribution >= 0.6 is 0 Å². The summed E-state index contributed by atoms with van der Waals surface area (Å²) in [6.45, 7) is 12.6. The Morgan fingerprint density at radius 1 is 1.32 bits per heavy atom. The van der Waals surface area contributed by atoms with Crippen molar-refractivity contribution in [2.75, 3.05) is 20.1 Å². The SMILES string of the molecule is C=C(c1ccc(C)cc1)N1CCCC1CNC.CC. The van der Waals surface area contributed by atoms with Gasteiger partial charge in [0.1, 0.15) is 0 Å². The van der Waals surface area contributed by atoms with E-state index >= 15 is 0 Å². The summed E-state index contributed by atoms with van der Waals surface area (Å²) < 4.78 is 0. The van der Waals surface area contributed by atoms with Gasteiger partial charge in [0.05, 0.1) is 0 Å². The smallest absolute Gasteiger partial charge is 0.0415 e. The van der Waals surface area contributed by atoms with Crippen molar-refractivity contribution in [3.63, 3.8) is 0 Å². The summed E-state index contributed by atoms with van der Waals surface area (Å²) in [5, 5.41) is 3.27. The summed E-state index contributed by atoms with van der Waals surface area (Å²) in [7, 11) is 2.02. The molecule has 1 unspecified atom stereocenters. The third-order valence-corrected chi connectivity index (χ3v) is 3.55. The number of rotatable bonds is 4. The molecular weight excluding hydrogens is 232 g/mol. The molecule has 0 spiro atoms. The average Bonchev–Trinajstić information content (AvgIpc) is 2.90. The molecule has 1 N–H and O–H groups in total. The highest BCUT2D eigenvalue weighted by Gasteiger charge is 2.25. The fourth-order valence-corrected chi connectivity index (χ4v) is 2.55. The maximum Gasteiger partial charge on any atom is 0.0415 e. The zero-order chi connectivity index (χ0) is 14.3. The average molecular weight is 260 g/mol. The van der Waals surface area contributed by atoms with Gasteiger partial charge < -0.3 is 10.2 Å². The number of aryl methyl sites for hydroxylation is 1. The van der Waals surface area contributed by atoms with Gasteiger partial charge in [-0.2, -0.15) is 0 Å². The number of hydrogen-bond donors (Lipinski definition) is 1. The van der Waals surface area contributed by atoms with Gasteiger partial charge in [0.2, 0.25) is 0 Å². The Morgan fingerprint density at radius 3 is 2.53 bits per heavy atom. The van der Waals surface area contributed by atoms with Crippen LogP contribution in [0.5, 0.6) is 0 Å². The number of likely N-dealkylation sites (N-methyl/N-ethyl adjacent to an activating group) is 1. The second-order valence-corrected chi connectivity index (χ2v) is 4.86. The number of hydrogen-bond acceptors (Lipinski definition) is 2. The van der Waals surface area contributed by atoms with Crippen LogP contribution in [0.15, 0.2) is 30.8 Å². The lowest BCUT2D eigenvalue weighted by Gasteiger charge is -2.28. The Hall–Kier alpha value is -1.28. The third kappa shape index (κ3) is 4.10. The van der Waals surface area contributed by atoms with Gasteiger partial charge in [0.15, 0.2) is 0 Å². The molecule has 0 saturated carbocycles. The molecule has 2 nitrogen and oxygen atoms in total. The maximum atomic E-state index is 4.27. The molecule has 1 atom stereocenters. The topological polar surface area (TPSA) is 15.3 Å². The zero-order valence-corrected chi connectivity index (χ0v) is 12.9. The normalized spacial score (nSPS) is 17.9. The highest BCUT2D eigenvalue weighted by atomic mass is 15.2. The van der Waals surface area contributed by atoms with E-state index in [1.165, 1.54) is 29.7 Å². The van der Waals surface area contributed by atoms with Crippen molar-refractivity contribution in [1.29, 1.82) is 0 Å². The standard InChI is InChI=1S/C15H22N2.C2H6/c1-12-6-8-14(9-7-12)13(2)17-10-4-5-15(17)11-16-3;1-2/h6-9,15-16H,2,4-5,10-11H2,1,3H3;1-2H3. The number of nitrogens with one attached hydrogen (secondary N) is 1. The number of nitrogens with zero attached hydrogens (tertiary/aromatic N) is 1. The van der Waals surface area contributed by atoms with Crippen LogP contribution in [-0.2, 0) is 0 Å². The molecule has 1 heterocycles. The van der Waals surface area contributed by atoms with Gasteiger partial charge in [-0.3, -0.25) is 0 Å². The van der Waals surface area contributed by atoms with E-state index in [0.29, 0.717) is 6.04 Å². The minimum atomic E-state index is 0.605. The number of likely N-dealkylation sites (tertiary alicyclic amines) is 1. The molecule has 1 aliphatic heterocycles. The minimum Gasteiger partial charge on any atom is -0.367 e. The van der Waals surface area contributed by atoms with Crippen LogP contribution in [0.1, 0.15) is 37.8 Å². The van der Waals surface area contributed by atoms with Crippen molar-refractivity contribution in [2.24, 2.45) is 0 Å². The molecule has 1 fully saturated rings. The highest BCUT2D eigenvalue weighted by Crippen LogP contribution is 2.27. The van der Waals surface area contributed by atoms with Crippen LogP contribution in [0.3, 0.4) is 0 Å². The van der Waals surface area contributed by atoms with Gasteiger partial charge >= 0.3 is 0 Å². The molecule has 0 aliphatic carbocycles. The lowest BCUT2D eigenvalue weighted by molar-refractivity contribution is 0.361. The Balaban J connectivity index is 0.000000861. The van der Waals surface area contributed by atoms with E-state index in [1.807, 2.05) is 20.9 Å². The Labute approximate surface area is 118 Å². The molecule has 0 aromatic heterocycles. The Morgan fingerprint density at radius 2 is 1.95 bits per heavy atom. The molecule has 19 heavy (non-hydrogen) atoms. The highest BCUT2D eigenvalue weighted by molar-refractivity contribution is 5.62. The molecular formula is C17H28N2. The van der Waals surface area contributed by atoms with E-state index in [4.69, 9.17) is 0 Å². The van der Waals surface area contributed by atoms with E-state index in [1.54, 1.807) is 0 Å². The van der Waals surface area contributed by atoms with Gasteiger partial charge in [-0.15, -0.1) is 0 Å². The molecule has 2 rings (SSSR count). The lowest BCUT2D eigenvalue weighted by Crippen LogP contribution is -2.35. The Bertz CT molecular complexity index is 381. The monoisotopic (exact) mass is 260 g/mol. The van der Waals surface area contributed by atoms with Gasteiger partial charge in [-0.25, -0.2) is 0 Å². The predicted octanol–water partition coefficient (Wildman–Crippen LogP) is 3.68. The first-order valence-corrected chi connectivity index (χ1v) is 7.39. The summed E-state index contributed by atoms with van der Waals surface area (Å²) in [5.41, 5.74) is 3.72. The van der Waals surface area contributed by atoms with E-state index in [2.05, 4.69) is 48.0 Å². The van der Waals surface area contributed by atoms with Gasteiger partial charge in [0.25, 0.3) is 0 Å². The fourth-order valence-electron chi connectivity index (χ4n) is 2.55. The van der Waals surface area contributed by atoms with Crippen LogP contribution in [0.2, 0.25) is 0 Å². The fraction of sp³-hybridized carbons (Fsp3) is 0.529. The molecule has 1 aromatic carbocycles. The molecule has 0 radical (unpaired) electrons. The van der Waals surface area contributed by atoms with Crippen LogP contribution < -0.4 is 5.32 Å². The molecule has 2 heteroatoms. The van der Waals surface area contributed by atoms with E-state index in [0.717, 1.165) is 13.1 Å². The van der Waals surface area contributed by atoms with Crippen molar-refractivity contribution in [1.82, 2.24) is 10.2 Å². The molecule has 1 aromatic rings. The molecule has 1 aliphatic rings. The second kappa shape index (κ2) is 8.00. The van der Waals surface area contributed by atoms with Crippen molar-refractivity contribution in [3.8, 4) is 0 Å². The summed E-state index contributed by atoms with van der Waals surface area (Å²) in [5.74, 6) is 0. The van der Waals surface area contributed by atoms with Crippen LogP contribution in [0, 0.1) is 6.92 Å². The van der Waals surface area contributed by atoms with Gasteiger partial charge in [-0.05, 0) is 32.4 Å². The summed E-state index contributed by atoms with van der Waals surface area (Å²) in [6, 6.07) is 9.26. The van der Waals surface area contributed by atoms with Crippen molar-refractivity contribution in [3.05, 3.63) is 42.0 Å². The third-order valence-electron chi connectivity index (χ3n) is 3.55. The molecule has 106 valence electrons. The lowest BCUT2D eigenvalue weighted by atomic mass is 10.1. The number of benzene rings is 1. The summed E-state index contributed by atoms with van der Waals surface area (Å²) >= 11 is 0. The van der Waals surface area contributed by atoms with Gasteiger partial charge in [0, 0.05) is 24.8 Å². The Kier molecular flexibility index (Phi) is 6.65. The quantitative estimate of drug-likeness (QED) is 0.888. The first-order valence-electron chi connectivity index (χ1n) is 7.39. The van der Waals surface area contributed by atoms with Crippen molar-refractivity contribution >= 4 is 5.70 Å². The van der Waals surface area contributed by atoms with E-state index in [9.17, 15) is 0 Å². The van der Waals surface area contributed by atoms with Crippen molar-refractivity contribution in [2.45, 2.75) is 39.7 Å². The molecule has 1 saturated heterocycles. The largest absolute Gasteiger partial charge is 0.367 e. The zero-order valence-electron chi connectivity index (χ0n) is 12.9. The van der Waals surface area contributed by atoms with Crippen molar-refractivity contribution < 1.29 is 0 Å². The van der Waals surface area contributed by atoms with E-state index < -0.39 is 0 Å².